The number of carbonyl (C=O) groups excluding carboxylic acids is 2. The Labute approximate surface area is 144 Å². The summed E-state index contributed by atoms with van der Waals surface area (Å²) in [6.07, 6.45) is 6.89. The molecule has 1 atom stereocenters. The van der Waals surface area contributed by atoms with Crippen LogP contribution in [0.5, 0.6) is 0 Å². The van der Waals surface area contributed by atoms with Gasteiger partial charge in [-0.05, 0) is 25.0 Å². The molecule has 1 saturated heterocycles. The van der Waals surface area contributed by atoms with Gasteiger partial charge in [-0.1, -0.05) is 6.07 Å². The average molecular weight is 344 g/mol. The standard InChI is InChI=1S/C17H20N4O4/c18-17(23)13-4-1-5-14(21-7-6-19-11-21)16(13)20-15(22)10-24-9-12-3-2-8-25-12/h1,4-7,11-12H,2-3,8-10H2,(H2,18,23)(H,20,22). The zero-order chi connectivity index (χ0) is 17.6. The van der Waals surface area contributed by atoms with E-state index in [0.29, 0.717) is 18.0 Å². The van der Waals surface area contributed by atoms with E-state index in [1.54, 1.807) is 41.5 Å². The maximum atomic E-state index is 12.2. The molecule has 1 aromatic heterocycles. The lowest BCUT2D eigenvalue weighted by Gasteiger charge is -2.15. The van der Waals surface area contributed by atoms with Crippen molar-refractivity contribution in [3.05, 3.63) is 42.5 Å². The van der Waals surface area contributed by atoms with E-state index < -0.39 is 5.91 Å². The number of hydrogen-bond acceptors (Lipinski definition) is 5. The van der Waals surface area contributed by atoms with Gasteiger partial charge in [-0.3, -0.25) is 9.59 Å². The Hall–Kier alpha value is -2.71. The summed E-state index contributed by atoms with van der Waals surface area (Å²) in [6, 6.07) is 5.02. The molecule has 0 aliphatic carbocycles. The molecule has 0 spiro atoms. The van der Waals surface area contributed by atoms with E-state index in [9.17, 15) is 9.59 Å². The number of primary amides is 1. The van der Waals surface area contributed by atoms with E-state index in [0.717, 1.165) is 19.4 Å². The first kappa shape index (κ1) is 17.1. The first-order valence-corrected chi connectivity index (χ1v) is 8.05. The Kier molecular flexibility index (Phi) is 5.42. The highest BCUT2D eigenvalue weighted by molar-refractivity contribution is 6.05. The molecule has 2 heterocycles. The molecule has 1 unspecified atom stereocenters. The lowest BCUT2D eigenvalue weighted by Crippen LogP contribution is -2.25. The van der Waals surface area contributed by atoms with Crippen molar-refractivity contribution in [3.8, 4) is 5.69 Å². The normalized spacial score (nSPS) is 16.7. The molecule has 3 N–H and O–H groups in total. The lowest BCUT2D eigenvalue weighted by molar-refractivity contribution is -0.121. The molecule has 25 heavy (non-hydrogen) atoms. The molecule has 1 fully saturated rings. The fourth-order valence-electron chi connectivity index (χ4n) is 2.73. The van der Waals surface area contributed by atoms with E-state index in [1.165, 1.54) is 0 Å². The predicted molar refractivity (Wildman–Crippen MR) is 90.5 cm³/mol. The molecule has 3 rings (SSSR count). The van der Waals surface area contributed by atoms with Gasteiger partial charge in [0.05, 0.1) is 36.0 Å². The number of imidazole rings is 1. The summed E-state index contributed by atoms with van der Waals surface area (Å²) in [6.45, 7) is 0.982. The highest BCUT2D eigenvalue weighted by Crippen LogP contribution is 2.24. The number of aromatic nitrogens is 2. The summed E-state index contributed by atoms with van der Waals surface area (Å²) in [4.78, 5) is 27.9. The number of ether oxygens (including phenoxy) is 2. The minimum Gasteiger partial charge on any atom is -0.376 e. The van der Waals surface area contributed by atoms with Crippen molar-refractivity contribution in [1.29, 1.82) is 0 Å². The molecule has 2 aromatic rings. The number of carbonyl (C=O) groups is 2. The molecule has 1 aliphatic heterocycles. The monoisotopic (exact) mass is 344 g/mol. The smallest absolute Gasteiger partial charge is 0.250 e. The van der Waals surface area contributed by atoms with Crippen LogP contribution in [0.15, 0.2) is 36.9 Å². The third kappa shape index (κ3) is 4.23. The lowest BCUT2D eigenvalue weighted by atomic mass is 10.1. The van der Waals surface area contributed by atoms with Gasteiger partial charge in [-0.2, -0.15) is 0 Å². The molecule has 0 bridgehead atoms. The third-order valence-electron chi connectivity index (χ3n) is 3.92. The van der Waals surface area contributed by atoms with E-state index >= 15 is 0 Å². The number of benzene rings is 1. The Morgan fingerprint density at radius 3 is 3.00 bits per heavy atom. The van der Waals surface area contributed by atoms with Crippen molar-refractivity contribution < 1.29 is 19.1 Å². The van der Waals surface area contributed by atoms with Crippen LogP contribution in [0, 0.1) is 0 Å². The molecule has 132 valence electrons. The predicted octanol–water partition coefficient (Wildman–Crippen LogP) is 1.11. The van der Waals surface area contributed by atoms with Crippen molar-refractivity contribution in [2.75, 3.05) is 25.1 Å². The van der Waals surface area contributed by atoms with Crippen LogP contribution in [0.4, 0.5) is 5.69 Å². The van der Waals surface area contributed by atoms with Crippen LogP contribution in [0.25, 0.3) is 5.69 Å². The minimum absolute atomic E-state index is 0.0483. The zero-order valence-electron chi connectivity index (χ0n) is 13.7. The minimum atomic E-state index is -0.627. The maximum absolute atomic E-state index is 12.2. The number of anilines is 1. The number of amides is 2. The topological polar surface area (TPSA) is 108 Å². The van der Waals surface area contributed by atoms with Gasteiger partial charge in [0.15, 0.2) is 0 Å². The Morgan fingerprint density at radius 1 is 1.44 bits per heavy atom. The van der Waals surface area contributed by atoms with Crippen molar-refractivity contribution in [1.82, 2.24) is 9.55 Å². The van der Waals surface area contributed by atoms with Crippen LogP contribution >= 0.6 is 0 Å². The van der Waals surface area contributed by atoms with Crippen LogP contribution < -0.4 is 11.1 Å². The van der Waals surface area contributed by atoms with E-state index in [1.807, 2.05) is 0 Å². The molecule has 2 amide bonds. The highest BCUT2D eigenvalue weighted by atomic mass is 16.5. The number of para-hydroxylation sites is 1. The van der Waals surface area contributed by atoms with E-state index in [2.05, 4.69) is 10.3 Å². The molecule has 1 aliphatic rings. The average Bonchev–Trinajstić information content (AvgIpc) is 3.28. The van der Waals surface area contributed by atoms with Crippen molar-refractivity contribution in [2.45, 2.75) is 18.9 Å². The first-order valence-electron chi connectivity index (χ1n) is 8.05. The Bertz CT molecular complexity index is 739. The van der Waals surface area contributed by atoms with Gasteiger partial charge >= 0.3 is 0 Å². The van der Waals surface area contributed by atoms with E-state index in [4.69, 9.17) is 15.2 Å². The number of hydrogen-bond donors (Lipinski definition) is 2. The molecule has 0 radical (unpaired) electrons. The summed E-state index contributed by atoms with van der Waals surface area (Å²) < 4.78 is 12.5. The van der Waals surface area contributed by atoms with Gasteiger partial charge in [0, 0.05) is 19.0 Å². The van der Waals surface area contributed by atoms with Crippen LogP contribution in [0.3, 0.4) is 0 Å². The summed E-state index contributed by atoms with van der Waals surface area (Å²) in [5, 5.41) is 2.72. The third-order valence-corrected chi connectivity index (χ3v) is 3.92. The van der Waals surface area contributed by atoms with Crippen molar-refractivity contribution in [2.24, 2.45) is 5.73 Å². The summed E-state index contributed by atoms with van der Waals surface area (Å²) >= 11 is 0. The SMILES string of the molecule is NC(=O)c1cccc(-n2ccnc2)c1NC(=O)COCC1CCCO1. The molecule has 8 heteroatoms. The number of rotatable bonds is 7. The summed E-state index contributed by atoms with van der Waals surface area (Å²) in [5.74, 6) is -0.995. The molecular formula is C17H20N4O4. The first-order chi connectivity index (χ1) is 12.1. The van der Waals surface area contributed by atoms with Gasteiger partial charge in [0.1, 0.15) is 6.61 Å². The fraction of sp³-hybridized carbons (Fsp3) is 0.353. The van der Waals surface area contributed by atoms with Crippen LogP contribution in [-0.2, 0) is 14.3 Å². The molecular weight excluding hydrogens is 324 g/mol. The summed E-state index contributed by atoms with van der Waals surface area (Å²) in [7, 11) is 0. The number of nitrogens with two attached hydrogens (primary N) is 1. The van der Waals surface area contributed by atoms with Crippen LogP contribution in [0.2, 0.25) is 0 Å². The Morgan fingerprint density at radius 2 is 2.32 bits per heavy atom. The van der Waals surface area contributed by atoms with Gasteiger partial charge in [-0.25, -0.2) is 4.98 Å². The quantitative estimate of drug-likeness (QED) is 0.782. The van der Waals surface area contributed by atoms with Gasteiger partial charge in [0.2, 0.25) is 5.91 Å². The van der Waals surface area contributed by atoms with Gasteiger partial charge < -0.3 is 25.1 Å². The number of nitrogens with zero attached hydrogens (tertiary/aromatic N) is 2. The Balaban J connectivity index is 1.71. The molecule has 1 aromatic carbocycles. The fourth-order valence-corrected chi connectivity index (χ4v) is 2.73. The van der Waals surface area contributed by atoms with Gasteiger partial charge in [-0.15, -0.1) is 0 Å². The van der Waals surface area contributed by atoms with Crippen molar-refractivity contribution >= 4 is 17.5 Å². The number of nitrogens with one attached hydrogen (secondary N) is 1. The zero-order valence-corrected chi connectivity index (χ0v) is 13.7. The van der Waals surface area contributed by atoms with Crippen LogP contribution in [-0.4, -0.2) is 47.3 Å². The van der Waals surface area contributed by atoms with Crippen LogP contribution in [0.1, 0.15) is 23.2 Å². The van der Waals surface area contributed by atoms with Crippen molar-refractivity contribution in [3.63, 3.8) is 0 Å². The molecule has 8 nitrogen and oxygen atoms in total. The molecule has 0 saturated carbocycles. The van der Waals surface area contributed by atoms with Gasteiger partial charge in [0.25, 0.3) is 5.91 Å². The highest BCUT2D eigenvalue weighted by Gasteiger charge is 2.18. The largest absolute Gasteiger partial charge is 0.376 e. The second-order valence-corrected chi connectivity index (χ2v) is 5.73. The van der Waals surface area contributed by atoms with E-state index in [-0.39, 0.29) is 24.2 Å². The maximum Gasteiger partial charge on any atom is 0.250 e. The second-order valence-electron chi connectivity index (χ2n) is 5.73. The summed E-state index contributed by atoms with van der Waals surface area (Å²) in [5.41, 5.74) is 6.58. The second kappa shape index (κ2) is 7.91.